The van der Waals surface area contributed by atoms with Crippen LogP contribution in [0.15, 0.2) is 17.5 Å². The smallest absolute Gasteiger partial charge is 0.271 e. The highest BCUT2D eigenvalue weighted by Crippen LogP contribution is 2.23. The van der Waals surface area contributed by atoms with Gasteiger partial charge in [0.2, 0.25) is 0 Å². The maximum Gasteiger partial charge on any atom is 0.390 e. The molecule has 1 atom stereocenters. The SMILES string of the molecule is NNC(Cc1cccs1)CC(F)(F)F. The number of hydrogen-bond acceptors (Lipinski definition) is 3. The predicted molar refractivity (Wildman–Crippen MR) is 49.8 cm³/mol. The van der Waals surface area contributed by atoms with Crippen molar-refractivity contribution in [2.75, 3.05) is 0 Å². The Bertz CT molecular complexity index is 258. The Hall–Kier alpha value is -0.590. The third kappa shape index (κ3) is 4.08. The Labute approximate surface area is 83.9 Å². The van der Waals surface area contributed by atoms with Crippen LogP contribution in [-0.4, -0.2) is 12.2 Å². The first-order valence-corrected chi connectivity index (χ1v) is 4.94. The van der Waals surface area contributed by atoms with Gasteiger partial charge in [-0.1, -0.05) is 6.07 Å². The maximum absolute atomic E-state index is 12.0. The van der Waals surface area contributed by atoms with Gasteiger partial charge in [-0.3, -0.25) is 11.3 Å². The molecule has 0 aliphatic heterocycles. The lowest BCUT2D eigenvalue weighted by molar-refractivity contribution is -0.139. The van der Waals surface area contributed by atoms with Gasteiger partial charge in [0.15, 0.2) is 0 Å². The summed E-state index contributed by atoms with van der Waals surface area (Å²) in [7, 11) is 0. The minimum Gasteiger partial charge on any atom is -0.271 e. The van der Waals surface area contributed by atoms with Crippen molar-refractivity contribution in [3.8, 4) is 0 Å². The Balaban J connectivity index is 2.47. The molecule has 0 spiro atoms. The van der Waals surface area contributed by atoms with Gasteiger partial charge in [0.05, 0.1) is 6.42 Å². The lowest BCUT2D eigenvalue weighted by atomic mass is 10.1. The second-order valence-electron chi connectivity index (χ2n) is 2.97. The van der Waals surface area contributed by atoms with Gasteiger partial charge in [0.25, 0.3) is 0 Å². The lowest BCUT2D eigenvalue weighted by Crippen LogP contribution is -2.39. The van der Waals surface area contributed by atoms with E-state index >= 15 is 0 Å². The van der Waals surface area contributed by atoms with E-state index in [9.17, 15) is 13.2 Å². The van der Waals surface area contributed by atoms with Crippen LogP contribution in [0.2, 0.25) is 0 Å². The first-order valence-electron chi connectivity index (χ1n) is 4.06. The van der Waals surface area contributed by atoms with Crippen LogP contribution in [0.25, 0.3) is 0 Å². The Morgan fingerprint density at radius 1 is 1.50 bits per heavy atom. The zero-order chi connectivity index (χ0) is 10.6. The van der Waals surface area contributed by atoms with Crippen molar-refractivity contribution in [3.05, 3.63) is 22.4 Å². The summed E-state index contributed by atoms with van der Waals surface area (Å²) in [4.78, 5) is 0.900. The van der Waals surface area contributed by atoms with E-state index in [0.717, 1.165) is 4.88 Å². The van der Waals surface area contributed by atoms with Gasteiger partial charge in [0.1, 0.15) is 0 Å². The van der Waals surface area contributed by atoms with Crippen molar-refractivity contribution in [1.29, 1.82) is 0 Å². The fourth-order valence-electron chi connectivity index (χ4n) is 1.14. The molecular formula is C8H11F3N2S. The molecule has 1 unspecified atom stereocenters. The molecule has 1 heterocycles. The number of hydrazine groups is 1. The summed E-state index contributed by atoms with van der Waals surface area (Å²) in [5, 5.41) is 1.83. The molecule has 0 fully saturated rings. The van der Waals surface area contributed by atoms with Gasteiger partial charge in [-0.05, 0) is 17.9 Å². The van der Waals surface area contributed by atoms with Crippen molar-refractivity contribution < 1.29 is 13.2 Å². The summed E-state index contributed by atoms with van der Waals surface area (Å²) < 4.78 is 36.1. The molecule has 3 N–H and O–H groups in total. The van der Waals surface area contributed by atoms with Crippen molar-refractivity contribution in [2.24, 2.45) is 5.84 Å². The fraction of sp³-hybridized carbons (Fsp3) is 0.500. The summed E-state index contributed by atoms with van der Waals surface area (Å²) in [6.45, 7) is 0. The highest BCUT2D eigenvalue weighted by atomic mass is 32.1. The van der Waals surface area contributed by atoms with Crippen LogP contribution in [0, 0.1) is 0 Å². The average molecular weight is 224 g/mol. The molecule has 2 nitrogen and oxygen atoms in total. The maximum atomic E-state index is 12.0. The molecule has 0 radical (unpaired) electrons. The predicted octanol–water partition coefficient (Wildman–Crippen LogP) is 2.07. The lowest BCUT2D eigenvalue weighted by Gasteiger charge is -2.16. The van der Waals surface area contributed by atoms with Gasteiger partial charge < -0.3 is 0 Å². The van der Waals surface area contributed by atoms with E-state index < -0.39 is 18.6 Å². The molecular weight excluding hydrogens is 213 g/mol. The highest BCUT2D eigenvalue weighted by Gasteiger charge is 2.31. The molecule has 0 aliphatic carbocycles. The first kappa shape index (κ1) is 11.5. The number of nitrogens with one attached hydrogen (secondary N) is 1. The molecule has 14 heavy (non-hydrogen) atoms. The van der Waals surface area contributed by atoms with Crippen LogP contribution >= 0.6 is 11.3 Å². The standard InChI is InChI=1S/C8H11F3N2S/c9-8(10,11)5-6(13-12)4-7-2-1-3-14-7/h1-3,6,13H,4-5,12H2. The van der Waals surface area contributed by atoms with Crippen LogP contribution in [0.1, 0.15) is 11.3 Å². The Morgan fingerprint density at radius 2 is 2.21 bits per heavy atom. The van der Waals surface area contributed by atoms with Gasteiger partial charge in [-0.2, -0.15) is 13.2 Å². The van der Waals surface area contributed by atoms with Crippen molar-refractivity contribution >= 4 is 11.3 Å². The number of alkyl halides is 3. The zero-order valence-electron chi connectivity index (χ0n) is 7.34. The van der Waals surface area contributed by atoms with Gasteiger partial charge in [0, 0.05) is 10.9 Å². The van der Waals surface area contributed by atoms with E-state index in [0.29, 0.717) is 6.42 Å². The highest BCUT2D eigenvalue weighted by molar-refractivity contribution is 7.09. The van der Waals surface area contributed by atoms with E-state index in [1.165, 1.54) is 11.3 Å². The van der Waals surface area contributed by atoms with E-state index in [-0.39, 0.29) is 0 Å². The molecule has 6 heteroatoms. The van der Waals surface area contributed by atoms with E-state index in [4.69, 9.17) is 5.84 Å². The van der Waals surface area contributed by atoms with E-state index in [1.54, 1.807) is 12.1 Å². The number of nitrogens with two attached hydrogens (primary N) is 1. The van der Waals surface area contributed by atoms with E-state index in [1.807, 2.05) is 5.38 Å². The summed E-state index contributed by atoms with van der Waals surface area (Å²) in [6, 6.07) is 2.86. The Morgan fingerprint density at radius 3 is 2.64 bits per heavy atom. The molecule has 80 valence electrons. The summed E-state index contributed by atoms with van der Waals surface area (Å²) >= 11 is 1.43. The molecule has 0 bridgehead atoms. The third-order valence-electron chi connectivity index (χ3n) is 1.74. The van der Waals surface area contributed by atoms with Crippen LogP contribution < -0.4 is 11.3 Å². The van der Waals surface area contributed by atoms with Crippen LogP contribution in [0.4, 0.5) is 13.2 Å². The van der Waals surface area contributed by atoms with Gasteiger partial charge in [-0.15, -0.1) is 11.3 Å². The molecule has 1 aromatic heterocycles. The van der Waals surface area contributed by atoms with Crippen molar-refractivity contribution in [3.63, 3.8) is 0 Å². The summed E-state index contributed by atoms with van der Waals surface area (Å²) in [5.41, 5.74) is 2.18. The van der Waals surface area contributed by atoms with Gasteiger partial charge in [-0.25, -0.2) is 0 Å². The largest absolute Gasteiger partial charge is 0.390 e. The van der Waals surface area contributed by atoms with E-state index in [2.05, 4.69) is 5.43 Å². The average Bonchev–Trinajstić information content (AvgIpc) is 2.53. The number of hydrogen-bond donors (Lipinski definition) is 2. The molecule has 0 aliphatic rings. The van der Waals surface area contributed by atoms with Crippen molar-refractivity contribution in [1.82, 2.24) is 5.43 Å². The number of thiophene rings is 1. The topological polar surface area (TPSA) is 38.0 Å². The fourth-order valence-corrected chi connectivity index (χ4v) is 1.93. The molecule has 0 saturated heterocycles. The molecule has 0 aromatic carbocycles. The van der Waals surface area contributed by atoms with Crippen LogP contribution in [-0.2, 0) is 6.42 Å². The number of rotatable bonds is 4. The Kier molecular flexibility index (Phi) is 3.91. The summed E-state index contributed by atoms with van der Waals surface area (Å²) in [6.07, 6.45) is -4.76. The quantitative estimate of drug-likeness (QED) is 0.607. The minimum atomic E-state index is -4.17. The monoisotopic (exact) mass is 224 g/mol. The number of halogens is 3. The van der Waals surface area contributed by atoms with Crippen LogP contribution in [0.5, 0.6) is 0 Å². The summed E-state index contributed by atoms with van der Waals surface area (Å²) in [5.74, 6) is 5.05. The molecule has 1 rings (SSSR count). The molecule has 0 amide bonds. The first-order chi connectivity index (χ1) is 6.51. The normalized spacial score (nSPS) is 14.3. The van der Waals surface area contributed by atoms with Crippen molar-refractivity contribution in [2.45, 2.75) is 25.1 Å². The van der Waals surface area contributed by atoms with Gasteiger partial charge >= 0.3 is 6.18 Å². The second-order valence-corrected chi connectivity index (χ2v) is 4.00. The second kappa shape index (κ2) is 4.77. The third-order valence-corrected chi connectivity index (χ3v) is 2.64. The van der Waals surface area contributed by atoms with Crippen LogP contribution in [0.3, 0.4) is 0 Å². The zero-order valence-corrected chi connectivity index (χ0v) is 8.16. The molecule has 0 saturated carbocycles. The minimum absolute atomic E-state index is 0.313. The molecule has 1 aromatic rings.